The van der Waals surface area contributed by atoms with Gasteiger partial charge >= 0.3 is 0 Å². The Labute approximate surface area is 71.4 Å². The summed E-state index contributed by atoms with van der Waals surface area (Å²) in [6, 6.07) is 2.85. The predicted molar refractivity (Wildman–Crippen MR) is 48.7 cm³/mol. The Hall–Kier alpha value is -0.340. The van der Waals surface area contributed by atoms with Gasteiger partial charge in [-0.1, -0.05) is 13.8 Å². The van der Waals surface area contributed by atoms with E-state index in [1.165, 1.54) is 5.56 Å². The summed E-state index contributed by atoms with van der Waals surface area (Å²) in [6.45, 7) is 5.61. The van der Waals surface area contributed by atoms with Gasteiger partial charge in [-0.25, -0.2) is 0 Å². The lowest BCUT2D eigenvalue weighted by atomic mass is 10.0. The summed E-state index contributed by atoms with van der Waals surface area (Å²) in [5, 5.41) is 5.71. The van der Waals surface area contributed by atoms with Crippen LogP contribution in [-0.4, -0.2) is 0 Å². The Kier molecular flexibility index (Phi) is 1.74. The van der Waals surface area contributed by atoms with Gasteiger partial charge in [0.1, 0.15) is 0 Å². The second-order valence-corrected chi connectivity index (χ2v) is 4.36. The second kappa shape index (κ2) is 2.61. The quantitative estimate of drug-likeness (QED) is 0.677. The van der Waals surface area contributed by atoms with E-state index in [2.05, 4.69) is 30.6 Å². The fourth-order valence-electron chi connectivity index (χ4n) is 1.62. The number of rotatable bonds is 1. The Bertz CT molecular complexity index is 252. The molecule has 11 heavy (non-hydrogen) atoms. The van der Waals surface area contributed by atoms with E-state index in [1.54, 1.807) is 4.88 Å². The summed E-state index contributed by atoms with van der Waals surface area (Å²) in [7, 11) is 0. The number of thiophene rings is 1. The summed E-state index contributed by atoms with van der Waals surface area (Å²) < 4.78 is 0. The first-order valence-electron chi connectivity index (χ1n) is 4.08. The van der Waals surface area contributed by atoms with Crippen LogP contribution in [0.4, 0.5) is 0 Å². The van der Waals surface area contributed by atoms with Crippen LogP contribution in [0.2, 0.25) is 0 Å². The largest absolute Gasteiger partial charge is 0.305 e. The van der Waals surface area contributed by atoms with Crippen molar-refractivity contribution in [2.45, 2.75) is 26.4 Å². The zero-order valence-corrected chi connectivity index (χ0v) is 7.74. The van der Waals surface area contributed by atoms with Crippen molar-refractivity contribution in [2.75, 3.05) is 0 Å². The van der Waals surface area contributed by atoms with E-state index < -0.39 is 0 Å². The van der Waals surface area contributed by atoms with Gasteiger partial charge in [-0.2, -0.15) is 0 Å². The molecule has 60 valence electrons. The van der Waals surface area contributed by atoms with Crippen molar-refractivity contribution in [1.29, 1.82) is 0 Å². The van der Waals surface area contributed by atoms with E-state index >= 15 is 0 Å². The van der Waals surface area contributed by atoms with Crippen molar-refractivity contribution < 1.29 is 0 Å². The summed E-state index contributed by atoms with van der Waals surface area (Å²) in [4.78, 5) is 1.56. The predicted octanol–water partition coefficient (Wildman–Crippen LogP) is 2.55. The van der Waals surface area contributed by atoms with Crippen LogP contribution >= 0.6 is 11.3 Å². The summed E-state index contributed by atoms with van der Waals surface area (Å²) in [5.74, 6) is 0.717. The van der Waals surface area contributed by atoms with Crippen LogP contribution in [0.15, 0.2) is 11.4 Å². The molecule has 0 saturated heterocycles. The highest BCUT2D eigenvalue weighted by atomic mass is 32.1. The molecule has 0 fully saturated rings. The van der Waals surface area contributed by atoms with E-state index in [1.807, 2.05) is 11.3 Å². The van der Waals surface area contributed by atoms with E-state index in [9.17, 15) is 0 Å². The Morgan fingerprint density at radius 3 is 3.18 bits per heavy atom. The van der Waals surface area contributed by atoms with Crippen molar-refractivity contribution in [3.63, 3.8) is 0 Å². The summed E-state index contributed by atoms with van der Waals surface area (Å²) >= 11 is 1.89. The lowest BCUT2D eigenvalue weighted by Gasteiger charge is -2.14. The average Bonchev–Trinajstić information content (AvgIpc) is 2.41. The minimum Gasteiger partial charge on any atom is -0.305 e. The van der Waals surface area contributed by atoms with E-state index in [0.29, 0.717) is 6.04 Å². The highest BCUT2D eigenvalue weighted by Crippen LogP contribution is 2.34. The molecule has 0 saturated carbocycles. The van der Waals surface area contributed by atoms with Crippen LogP contribution in [0.1, 0.15) is 30.3 Å². The van der Waals surface area contributed by atoms with Crippen LogP contribution in [0.3, 0.4) is 0 Å². The fourth-order valence-corrected chi connectivity index (χ4v) is 2.79. The lowest BCUT2D eigenvalue weighted by molar-refractivity contribution is 0.446. The molecule has 0 spiro atoms. The molecule has 0 amide bonds. The third-order valence-corrected chi connectivity index (χ3v) is 3.28. The first kappa shape index (κ1) is 7.32. The Morgan fingerprint density at radius 1 is 1.64 bits per heavy atom. The number of hydrogen-bond donors (Lipinski definition) is 1. The number of hydrogen-bond acceptors (Lipinski definition) is 2. The average molecular weight is 167 g/mol. The van der Waals surface area contributed by atoms with Gasteiger partial charge in [-0.15, -0.1) is 11.3 Å². The van der Waals surface area contributed by atoms with Crippen molar-refractivity contribution >= 4 is 11.3 Å². The maximum atomic E-state index is 3.51. The van der Waals surface area contributed by atoms with Gasteiger partial charge < -0.3 is 5.32 Å². The normalized spacial score (nSPS) is 22.6. The van der Waals surface area contributed by atoms with Gasteiger partial charge in [0.25, 0.3) is 0 Å². The van der Waals surface area contributed by atoms with Gasteiger partial charge in [0.05, 0.1) is 0 Å². The molecule has 1 aliphatic rings. The summed E-state index contributed by atoms with van der Waals surface area (Å²) in [6.07, 6.45) is 0. The molecule has 2 heteroatoms. The van der Waals surface area contributed by atoms with E-state index in [0.717, 1.165) is 12.5 Å². The van der Waals surface area contributed by atoms with Gasteiger partial charge in [0.2, 0.25) is 0 Å². The molecule has 1 aliphatic heterocycles. The molecule has 2 heterocycles. The molecule has 0 bridgehead atoms. The van der Waals surface area contributed by atoms with Gasteiger partial charge in [0, 0.05) is 17.5 Å². The molecule has 1 aromatic rings. The molecule has 1 unspecified atom stereocenters. The molecule has 1 nitrogen and oxygen atoms in total. The van der Waals surface area contributed by atoms with Crippen molar-refractivity contribution in [1.82, 2.24) is 5.32 Å². The first-order chi connectivity index (χ1) is 5.29. The molecular formula is C9H13NS. The lowest BCUT2D eigenvalue weighted by Crippen LogP contribution is -2.17. The maximum absolute atomic E-state index is 3.51. The third kappa shape index (κ3) is 1.10. The molecule has 0 radical (unpaired) electrons. The Morgan fingerprint density at radius 2 is 2.45 bits per heavy atom. The fraction of sp³-hybridized carbons (Fsp3) is 0.556. The smallest absolute Gasteiger partial charge is 0.0444 e. The number of fused-ring (bicyclic) bond motifs is 1. The van der Waals surface area contributed by atoms with Crippen LogP contribution in [-0.2, 0) is 6.54 Å². The molecule has 1 N–H and O–H groups in total. The molecule has 1 atom stereocenters. The summed E-state index contributed by atoms with van der Waals surface area (Å²) in [5.41, 5.74) is 1.51. The van der Waals surface area contributed by atoms with Crippen LogP contribution in [0, 0.1) is 5.92 Å². The van der Waals surface area contributed by atoms with Crippen LogP contribution < -0.4 is 5.32 Å². The van der Waals surface area contributed by atoms with E-state index in [4.69, 9.17) is 0 Å². The first-order valence-corrected chi connectivity index (χ1v) is 4.96. The Balaban J connectivity index is 2.31. The SMILES string of the molecule is CC(C)C1NCc2ccsc21. The van der Waals surface area contributed by atoms with Crippen LogP contribution in [0.5, 0.6) is 0 Å². The van der Waals surface area contributed by atoms with Crippen molar-refractivity contribution in [2.24, 2.45) is 5.92 Å². The topological polar surface area (TPSA) is 12.0 Å². The van der Waals surface area contributed by atoms with Crippen molar-refractivity contribution in [3.8, 4) is 0 Å². The zero-order valence-electron chi connectivity index (χ0n) is 6.92. The zero-order chi connectivity index (χ0) is 7.84. The standard InChI is InChI=1S/C9H13NS/c1-6(2)8-9-7(5-10-8)3-4-11-9/h3-4,6,8,10H,5H2,1-2H3. The highest BCUT2D eigenvalue weighted by molar-refractivity contribution is 7.10. The minimum atomic E-state index is 0.616. The molecule has 0 aliphatic carbocycles. The molecule has 0 aromatic carbocycles. The van der Waals surface area contributed by atoms with E-state index in [-0.39, 0.29) is 0 Å². The van der Waals surface area contributed by atoms with Gasteiger partial charge in [0.15, 0.2) is 0 Å². The van der Waals surface area contributed by atoms with Crippen LogP contribution in [0.25, 0.3) is 0 Å². The third-order valence-electron chi connectivity index (χ3n) is 2.24. The van der Waals surface area contributed by atoms with Gasteiger partial charge in [-0.05, 0) is 22.9 Å². The minimum absolute atomic E-state index is 0.616. The number of nitrogens with one attached hydrogen (secondary N) is 1. The molecule has 2 rings (SSSR count). The molecular weight excluding hydrogens is 154 g/mol. The molecule has 1 aromatic heterocycles. The monoisotopic (exact) mass is 167 g/mol. The maximum Gasteiger partial charge on any atom is 0.0444 e. The highest BCUT2D eigenvalue weighted by Gasteiger charge is 2.24. The van der Waals surface area contributed by atoms with Crippen molar-refractivity contribution in [3.05, 3.63) is 21.9 Å². The van der Waals surface area contributed by atoms with Gasteiger partial charge in [-0.3, -0.25) is 0 Å². The second-order valence-electron chi connectivity index (χ2n) is 3.41.